The molecule has 3 aromatic rings. The molecule has 2 aromatic heterocycles. The molecule has 0 fully saturated rings. The smallest absolute Gasteiger partial charge is 0.266 e. The molecule has 2 atom stereocenters. The molecule has 0 spiro atoms. The van der Waals surface area contributed by atoms with Gasteiger partial charge in [0.15, 0.2) is 0 Å². The number of aliphatic hydroxyl groups excluding tert-OH is 1. The molecule has 0 saturated carbocycles. The summed E-state index contributed by atoms with van der Waals surface area (Å²) in [5.74, 6) is 5.80. The zero-order valence-electron chi connectivity index (χ0n) is 15.8. The third-order valence-corrected chi connectivity index (χ3v) is 4.35. The van der Waals surface area contributed by atoms with Crippen LogP contribution in [0.1, 0.15) is 41.5 Å². The van der Waals surface area contributed by atoms with Crippen molar-refractivity contribution in [2.75, 3.05) is 0 Å². The van der Waals surface area contributed by atoms with Crippen LogP contribution in [0.15, 0.2) is 51.5 Å². The van der Waals surface area contributed by atoms with E-state index in [2.05, 4.69) is 27.5 Å². The highest BCUT2D eigenvalue weighted by molar-refractivity contribution is 5.85. The molecule has 1 aromatic carbocycles. The van der Waals surface area contributed by atoms with Gasteiger partial charge in [0, 0.05) is 24.2 Å². The lowest BCUT2D eigenvalue weighted by Gasteiger charge is -2.31. The first kappa shape index (κ1) is 20.3. The van der Waals surface area contributed by atoms with E-state index in [1.807, 2.05) is 30.3 Å². The van der Waals surface area contributed by atoms with Gasteiger partial charge < -0.3 is 14.2 Å². The molecule has 3 rings (SSSR count). The average Bonchev–Trinajstić information content (AvgIpc) is 3.39. The van der Waals surface area contributed by atoms with E-state index in [0.717, 1.165) is 5.56 Å². The van der Waals surface area contributed by atoms with Gasteiger partial charge in [-0.2, -0.15) is 0 Å². The van der Waals surface area contributed by atoms with E-state index in [4.69, 9.17) is 14.3 Å². The number of aryl methyl sites for hydroxylation is 1. The predicted octanol–water partition coefficient (Wildman–Crippen LogP) is 1.46. The van der Waals surface area contributed by atoms with Gasteiger partial charge in [0.25, 0.3) is 5.91 Å². The number of hydrogen-bond acceptors (Lipinski definition) is 8. The van der Waals surface area contributed by atoms with Crippen LogP contribution >= 0.6 is 0 Å². The maximum atomic E-state index is 12.2. The van der Waals surface area contributed by atoms with Crippen LogP contribution in [0, 0.1) is 18.8 Å². The van der Waals surface area contributed by atoms with Gasteiger partial charge in [0.1, 0.15) is 23.1 Å². The second kappa shape index (κ2) is 8.70. The quantitative estimate of drug-likeness (QED) is 0.280. The minimum atomic E-state index is -1.62. The van der Waals surface area contributed by atoms with Gasteiger partial charge in [0.2, 0.25) is 5.76 Å². The van der Waals surface area contributed by atoms with Crippen molar-refractivity contribution >= 4 is 5.91 Å². The predicted molar refractivity (Wildman–Crippen MR) is 100 cm³/mol. The van der Waals surface area contributed by atoms with Gasteiger partial charge in [-0.25, -0.2) is 5.48 Å². The molecule has 9 nitrogen and oxygen atoms in total. The van der Waals surface area contributed by atoms with E-state index < -0.39 is 17.6 Å². The van der Waals surface area contributed by atoms with Crippen LogP contribution in [0.2, 0.25) is 0 Å². The Hall–Kier alpha value is -3.45. The molecule has 0 radical (unpaired) electrons. The van der Waals surface area contributed by atoms with Crippen LogP contribution in [-0.2, 0) is 11.3 Å². The lowest BCUT2D eigenvalue weighted by atomic mass is 9.91. The summed E-state index contributed by atoms with van der Waals surface area (Å²) < 4.78 is 10.1. The number of rotatable bonds is 6. The minimum Gasteiger partial charge on any atom is -0.384 e. The third-order valence-electron chi connectivity index (χ3n) is 4.35. The van der Waals surface area contributed by atoms with Crippen molar-refractivity contribution in [1.82, 2.24) is 21.1 Å². The van der Waals surface area contributed by atoms with Crippen molar-refractivity contribution in [2.45, 2.75) is 32.0 Å². The van der Waals surface area contributed by atoms with Gasteiger partial charge in [-0.05, 0) is 31.9 Å². The van der Waals surface area contributed by atoms with Crippen molar-refractivity contribution in [3.05, 3.63) is 70.9 Å². The highest BCUT2D eigenvalue weighted by Gasteiger charge is 2.43. The average molecular weight is 396 g/mol. The Morgan fingerprint density at radius 2 is 1.97 bits per heavy atom. The molecule has 0 bridgehead atoms. The Balaban J connectivity index is 1.73. The maximum absolute atomic E-state index is 12.2. The fraction of sp³-hybridized carbons (Fsp3) is 0.250. The Labute approximate surface area is 166 Å². The molecule has 29 heavy (non-hydrogen) atoms. The topological polar surface area (TPSA) is 134 Å². The summed E-state index contributed by atoms with van der Waals surface area (Å²) in [6.07, 6.45) is -1.39. The molecule has 0 aliphatic heterocycles. The Morgan fingerprint density at radius 1 is 1.21 bits per heavy atom. The van der Waals surface area contributed by atoms with E-state index in [0.29, 0.717) is 17.2 Å². The van der Waals surface area contributed by atoms with Gasteiger partial charge in [-0.1, -0.05) is 34.4 Å². The second-order valence-corrected chi connectivity index (χ2v) is 6.56. The summed E-state index contributed by atoms with van der Waals surface area (Å²) in [7, 11) is 0. The first-order chi connectivity index (χ1) is 13.9. The number of aromatic nitrogens is 2. The van der Waals surface area contributed by atoms with Gasteiger partial charge >= 0.3 is 0 Å². The number of nitrogens with one attached hydrogen (secondary N) is 2. The molecule has 150 valence electrons. The first-order valence-corrected chi connectivity index (χ1v) is 8.76. The summed E-state index contributed by atoms with van der Waals surface area (Å²) in [6.45, 7) is 3.14. The molecule has 2 unspecified atom stereocenters. The van der Waals surface area contributed by atoms with E-state index >= 15 is 0 Å². The monoisotopic (exact) mass is 396 g/mol. The van der Waals surface area contributed by atoms with Crippen molar-refractivity contribution in [2.24, 2.45) is 0 Å². The third kappa shape index (κ3) is 4.70. The molecule has 9 heteroatoms. The summed E-state index contributed by atoms with van der Waals surface area (Å²) in [5, 5.41) is 30.2. The Bertz CT molecular complexity index is 1030. The second-order valence-electron chi connectivity index (χ2n) is 6.56. The number of amides is 1. The zero-order valence-corrected chi connectivity index (χ0v) is 15.8. The van der Waals surface area contributed by atoms with Crippen molar-refractivity contribution in [3.8, 4) is 11.8 Å². The molecular weight excluding hydrogens is 376 g/mol. The summed E-state index contributed by atoms with van der Waals surface area (Å²) in [6, 6.07) is 12.5. The molecule has 0 aliphatic rings. The molecule has 1 amide bonds. The Morgan fingerprint density at radius 3 is 2.62 bits per heavy atom. The van der Waals surface area contributed by atoms with Gasteiger partial charge in [-0.15, -0.1) is 0 Å². The van der Waals surface area contributed by atoms with Crippen LogP contribution in [-0.4, -0.2) is 32.1 Å². The lowest BCUT2D eigenvalue weighted by molar-refractivity contribution is -0.141. The Kier molecular flexibility index (Phi) is 6.09. The number of nitrogens with zero attached hydrogens (tertiary/aromatic N) is 2. The molecule has 0 aliphatic carbocycles. The SMILES string of the molecule is Cc1cc(C(O)C(C)(NCc2cc(C#Cc3ccccc3)on2)C(=O)NO)no1. The van der Waals surface area contributed by atoms with Crippen LogP contribution in [0.25, 0.3) is 0 Å². The van der Waals surface area contributed by atoms with Crippen molar-refractivity contribution in [3.63, 3.8) is 0 Å². The van der Waals surface area contributed by atoms with Gasteiger partial charge in [-0.3, -0.25) is 15.3 Å². The fourth-order valence-corrected chi connectivity index (χ4v) is 2.61. The van der Waals surface area contributed by atoms with E-state index in [1.54, 1.807) is 18.5 Å². The molecule has 0 saturated heterocycles. The van der Waals surface area contributed by atoms with Crippen LogP contribution in [0.3, 0.4) is 0 Å². The number of benzene rings is 1. The van der Waals surface area contributed by atoms with Crippen LogP contribution < -0.4 is 10.8 Å². The summed E-state index contributed by atoms with van der Waals surface area (Å²) in [5.41, 5.74) is 1.38. The number of carbonyl (C=O) groups excluding carboxylic acids is 1. The van der Waals surface area contributed by atoms with Crippen molar-refractivity contribution < 1.29 is 24.2 Å². The molecule has 2 heterocycles. The maximum Gasteiger partial charge on any atom is 0.266 e. The number of hydroxylamine groups is 1. The summed E-state index contributed by atoms with van der Waals surface area (Å²) >= 11 is 0. The van der Waals surface area contributed by atoms with Crippen molar-refractivity contribution in [1.29, 1.82) is 0 Å². The highest BCUT2D eigenvalue weighted by Crippen LogP contribution is 2.26. The van der Waals surface area contributed by atoms with Crippen LogP contribution in [0.5, 0.6) is 0 Å². The molecule has 4 N–H and O–H groups in total. The standard InChI is InChI=1S/C20H20N4O5/c1-13-10-17(24-28-13)18(25)20(2,19(26)22-27)21-12-15-11-16(29-23-15)9-8-14-6-4-3-5-7-14/h3-7,10-11,18,21,25,27H,12H2,1-2H3,(H,22,26). The van der Waals surface area contributed by atoms with Gasteiger partial charge in [0.05, 0.1) is 5.69 Å². The fourth-order valence-electron chi connectivity index (χ4n) is 2.61. The number of carbonyl (C=O) groups is 1. The summed E-state index contributed by atoms with van der Waals surface area (Å²) in [4.78, 5) is 12.2. The highest BCUT2D eigenvalue weighted by atomic mass is 16.5. The minimum absolute atomic E-state index is 0.0638. The first-order valence-electron chi connectivity index (χ1n) is 8.76. The largest absolute Gasteiger partial charge is 0.384 e. The van der Waals surface area contributed by atoms with E-state index in [-0.39, 0.29) is 12.2 Å². The normalized spacial score (nSPS) is 13.8. The molecular formula is C20H20N4O5. The number of aliphatic hydroxyl groups is 1. The van der Waals surface area contributed by atoms with E-state index in [9.17, 15) is 9.90 Å². The van der Waals surface area contributed by atoms with Crippen LogP contribution in [0.4, 0.5) is 0 Å². The number of hydrogen-bond donors (Lipinski definition) is 4. The van der Waals surface area contributed by atoms with E-state index in [1.165, 1.54) is 13.0 Å². The zero-order chi connectivity index (χ0) is 20.9. The lowest BCUT2D eigenvalue weighted by Crippen LogP contribution is -2.57.